The molecule has 0 aromatic heterocycles. The van der Waals surface area contributed by atoms with E-state index in [1.165, 1.54) is 6.07 Å². The van der Waals surface area contributed by atoms with Crippen molar-refractivity contribution in [2.75, 3.05) is 11.9 Å². The van der Waals surface area contributed by atoms with Gasteiger partial charge in [-0.2, -0.15) is 0 Å². The number of halogens is 2. The van der Waals surface area contributed by atoms with Gasteiger partial charge in [0.1, 0.15) is 5.82 Å². The van der Waals surface area contributed by atoms with Crippen LogP contribution in [0.4, 0.5) is 4.39 Å². The van der Waals surface area contributed by atoms with Gasteiger partial charge in [0.15, 0.2) is 0 Å². The number of hydrogen-bond donors (Lipinski definition) is 0. The minimum absolute atomic E-state index is 0.144. The molecule has 3 heteroatoms. The fourth-order valence-electron chi connectivity index (χ4n) is 1.81. The Balaban J connectivity index is 2.74. The van der Waals surface area contributed by atoms with Crippen LogP contribution in [-0.2, 0) is 6.54 Å². The van der Waals surface area contributed by atoms with Gasteiger partial charge in [-0.25, -0.2) is 4.39 Å². The molecule has 1 aromatic carbocycles. The van der Waals surface area contributed by atoms with E-state index in [-0.39, 0.29) is 5.82 Å². The molecule has 17 heavy (non-hydrogen) atoms. The Hall–Kier alpha value is -0.410. The van der Waals surface area contributed by atoms with Crippen molar-refractivity contribution in [2.24, 2.45) is 0 Å². The molecule has 0 heterocycles. The van der Waals surface area contributed by atoms with Crippen LogP contribution in [0, 0.1) is 12.7 Å². The highest BCUT2D eigenvalue weighted by Crippen LogP contribution is 2.15. The second-order valence-electron chi connectivity index (χ2n) is 4.68. The van der Waals surface area contributed by atoms with Gasteiger partial charge in [-0.1, -0.05) is 22.0 Å². The van der Waals surface area contributed by atoms with E-state index in [1.54, 1.807) is 6.07 Å². The number of rotatable bonds is 6. The molecule has 0 unspecified atom stereocenters. The third kappa shape index (κ3) is 4.76. The lowest BCUT2D eigenvalue weighted by atomic mass is 10.1. The summed E-state index contributed by atoms with van der Waals surface area (Å²) in [4.78, 5) is 2.38. The SMILES string of the molecule is Cc1ccc(F)cc1CN(CCCBr)C(C)C. The van der Waals surface area contributed by atoms with Gasteiger partial charge in [-0.3, -0.25) is 4.90 Å². The first-order valence-corrected chi connectivity index (χ1v) is 7.21. The highest BCUT2D eigenvalue weighted by molar-refractivity contribution is 9.09. The molecule has 0 atom stereocenters. The standard InChI is InChI=1S/C14H21BrFN/c1-11(2)17(8-4-7-15)10-13-9-14(16)6-5-12(13)3/h5-6,9,11H,4,7-8,10H2,1-3H3. The quantitative estimate of drug-likeness (QED) is 0.714. The molecular formula is C14H21BrFN. The second-order valence-corrected chi connectivity index (χ2v) is 5.47. The summed E-state index contributed by atoms with van der Waals surface area (Å²) >= 11 is 3.45. The van der Waals surface area contributed by atoms with Crippen molar-refractivity contribution in [3.8, 4) is 0 Å². The molecule has 0 fully saturated rings. The van der Waals surface area contributed by atoms with E-state index >= 15 is 0 Å². The summed E-state index contributed by atoms with van der Waals surface area (Å²) in [6, 6.07) is 5.51. The van der Waals surface area contributed by atoms with Crippen molar-refractivity contribution in [3.63, 3.8) is 0 Å². The van der Waals surface area contributed by atoms with Crippen molar-refractivity contribution in [3.05, 3.63) is 35.1 Å². The molecule has 1 aromatic rings. The molecule has 0 saturated carbocycles. The zero-order valence-corrected chi connectivity index (χ0v) is 12.4. The normalized spacial score (nSPS) is 11.5. The summed E-state index contributed by atoms with van der Waals surface area (Å²) in [7, 11) is 0. The predicted octanol–water partition coefficient (Wildman–Crippen LogP) is 4.13. The van der Waals surface area contributed by atoms with Crippen LogP contribution < -0.4 is 0 Å². The van der Waals surface area contributed by atoms with Crippen LogP contribution in [0.5, 0.6) is 0 Å². The lowest BCUT2D eigenvalue weighted by Crippen LogP contribution is -2.31. The number of benzene rings is 1. The van der Waals surface area contributed by atoms with E-state index in [1.807, 2.05) is 13.0 Å². The number of nitrogens with zero attached hydrogens (tertiary/aromatic N) is 1. The van der Waals surface area contributed by atoms with E-state index in [9.17, 15) is 4.39 Å². The smallest absolute Gasteiger partial charge is 0.123 e. The first-order valence-electron chi connectivity index (χ1n) is 6.09. The van der Waals surface area contributed by atoms with Crippen LogP contribution in [0.25, 0.3) is 0 Å². The van der Waals surface area contributed by atoms with Gasteiger partial charge in [-0.15, -0.1) is 0 Å². The largest absolute Gasteiger partial charge is 0.297 e. The van der Waals surface area contributed by atoms with Crippen molar-refractivity contribution in [1.82, 2.24) is 4.90 Å². The molecule has 96 valence electrons. The Morgan fingerprint density at radius 1 is 1.35 bits per heavy atom. The van der Waals surface area contributed by atoms with Crippen molar-refractivity contribution >= 4 is 15.9 Å². The Kier molecular flexibility index (Phi) is 6.14. The molecule has 0 spiro atoms. The number of aryl methyl sites for hydroxylation is 1. The molecule has 0 aliphatic carbocycles. The highest BCUT2D eigenvalue weighted by atomic mass is 79.9. The van der Waals surface area contributed by atoms with E-state index < -0.39 is 0 Å². The lowest BCUT2D eigenvalue weighted by molar-refractivity contribution is 0.213. The van der Waals surface area contributed by atoms with Crippen LogP contribution in [-0.4, -0.2) is 22.8 Å². The number of alkyl halides is 1. The highest BCUT2D eigenvalue weighted by Gasteiger charge is 2.11. The predicted molar refractivity (Wildman–Crippen MR) is 75.1 cm³/mol. The summed E-state index contributed by atoms with van der Waals surface area (Å²) in [5.41, 5.74) is 2.25. The molecule has 0 N–H and O–H groups in total. The lowest BCUT2D eigenvalue weighted by Gasteiger charge is -2.27. The molecule has 0 bridgehead atoms. The van der Waals surface area contributed by atoms with Gasteiger partial charge in [-0.05, 0) is 57.0 Å². The van der Waals surface area contributed by atoms with Crippen LogP contribution in [0.1, 0.15) is 31.4 Å². The maximum atomic E-state index is 13.2. The van der Waals surface area contributed by atoms with E-state index in [2.05, 4.69) is 34.7 Å². The first-order chi connectivity index (χ1) is 8.04. The van der Waals surface area contributed by atoms with Gasteiger partial charge >= 0.3 is 0 Å². The zero-order chi connectivity index (χ0) is 12.8. The van der Waals surface area contributed by atoms with Crippen LogP contribution in [0.3, 0.4) is 0 Å². The Labute approximate surface area is 112 Å². The first kappa shape index (κ1) is 14.7. The average molecular weight is 302 g/mol. The molecule has 0 aliphatic rings. The zero-order valence-electron chi connectivity index (χ0n) is 10.8. The Bertz CT molecular complexity index is 352. The molecule has 0 radical (unpaired) electrons. The summed E-state index contributed by atoms with van der Waals surface area (Å²) in [6.45, 7) is 8.27. The maximum absolute atomic E-state index is 13.2. The maximum Gasteiger partial charge on any atom is 0.123 e. The molecule has 0 saturated heterocycles. The fourth-order valence-corrected chi connectivity index (χ4v) is 2.06. The molecule has 0 amide bonds. The summed E-state index contributed by atoms with van der Waals surface area (Å²) < 4.78 is 13.2. The average Bonchev–Trinajstić information content (AvgIpc) is 2.28. The van der Waals surface area contributed by atoms with Gasteiger partial charge in [0.25, 0.3) is 0 Å². The Morgan fingerprint density at radius 3 is 2.65 bits per heavy atom. The minimum Gasteiger partial charge on any atom is -0.297 e. The van der Waals surface area contributed by atoms with Crippen molar-refractivity contribution in [1.29, 1.82) is 0 Å². The monoisotopic (exact) mass is 301 g/mol. The van der Waals surface area contributed by atoms with Gasteiger partial charge in [0.05, 0.1) is 0 Å². The Morgan fingerprint density at radius 2 is 2.06 bits per heavy atom. The van der Waals surface area contributed by atoms with E-state index in [0.29, 0.717) is 6.04 Å². The van der Waals surface area contributed by atoms with Crippen LogP contribution >= 0.6 is 15.9 Å². The number of hydrogen-bond acceptors (Lipinski definition) is 1. The molecule has 1 nitrogen and oxygen atoms in total. The topological polar surface area (TPSA) is 3.24 Å². The third-order valence-corrected chi connectivity index (χ3v) is 3.55. The van der Waals surface area contributed by atoms with Gasteiger partial charge in [0, 0.05) is 17.9 Å². The van der Waals surface area contributed by atoms with Crippen molar-refractivity contribution < 1.29 is 4.39 Å². The summed E-state index contributed by atoms with van der Waals surface area (Å²) in [5.74, 6) is -0.144. The third-order valence-electron chi connectivity index (χ3n) is 2.99. The molecule has 1 rings (SSSR count). The molecule has 0 aliphatic heterocycles. The second kappa shape index (κ2) is 7.12. The molecular weight excluding hydrogens is 281 g/mol. The fraction of sp³-hybridized carbons (Fsp3) is 0.571. The summed E-state index contributed by atoms with van der Waals surface area (Å²) in [5, 5.41) is 1.01. The van der Waals surface area contributed by atoms with Gasteiger partial charge < -0.3 is 0 Å². The van der Waals surface area contributed by atoms with Crippen LogP contribution in [0.15, 0.2) is 18.2 Å². The van der Waals surface area contributed by atoms with E-state index in [4.69, 9.17) is 0 Å². The van der Waals surface area contributed by atoms with E-state index in [0.717, 1.165) is 36.0 Å². The minimum atomic E-state index is -0.144. The summed E-state index contributed by atoms with van der Waals surface area (Å²) in [6.07, 6.45) is 1.12. The van der Waals surface area contributed by atoms with Gasteiger partial charge in [0.2, 0.25) is 0 Å². The van der Waals surface area contributed by atoms with Crippen molar-refractivity contribution in [2.45, 2.75) is 39.8 Å². The van der Waals surface area contributed by atoms with Crippen LogP contribution in [0.2, 0.25) is 0 Å².